The Bertz CT molecular complexity index is 502. The molecule has 0 spiro atoms. The Labute approximate surface area is 129 Å². The van der Waals surface area contributed by atoms with Crippen molar-refractivity contribution < 1.29 is 26.3 Å². The van der Waals surface area contributed by atoms with E-state index in [1.165, 1.54) is 4.90 Å². The van der Waals surface area contributed by atoms with Gasteiger partial charge in [-0.05, 0) is 6.07 Å². The summed E-state index contributed by atoms with van der Waals surface area (Å²) in [7, 11) is 0. The third-order valence-corrected chi connectivity index (χ3v) is 3.40. The summed E-state index contributed by atoms with van der Waals surface area (Å²) in [5.41, 5.74) is -0.591. The van der Waals surface area contributed by atoms with Crippen molar-refractivity contribution in [3.63, 3.8) is 0 Å². The largest absolute Gasteiger partial charge is 0.390 e. The fourth-order valence-electron chi connectivity index (χ4n) is 2.47. The molecule has 22 heavy (non-hydrogen) atoms. The second-order valence-electron chi connectivity index (χ2n) is 4.91. The van der Waals surface area contributed by atoms with Gasteiger partial charge < -0.3 is 5.32 Å². The third-order valence-electron chi connectivity index (χ3n) is 3.40. The Morgan fingerprint density at radius 1 is 1.09 bits per heavy atom. The zero-order valence-corrected chi connectivity index (χ0v) is 12.2. The number of alkyl halides is 3. The molecule has 1 aliphatic rings. The lowest BCUT2D eigenvalue weighted by Crippen LogP contribution is -2.46. The van der Waals surface area contributed by atoms with Crippen molar-refractivity contribution in [2.45, 2.75) is 18.6 Å². The molecule has 126 valence electrons. The van der Waals surface area contributed by atoms with E-state index in [2.05, 4.69) is 5.32 Å². The quantitative estimate of drug-likeness (QED) is 0.665. The van der Waals surface area contributed by atoms with Gasteiger partial charge >= 0.3 is 6.18 Å². The highest BCUT2D eigenvalue weighted by Gasteiger charge is 2.37. The minimum atomic E-state index is -4.56. The zero-order chi connectivity index (χ0) is 15.6. The van der Waals surface area contributed by atoms with Crippen LogP contribution in [0.15, 0.2) is 12.1 Å². The molecule has 1 atom stereocenters. The first-order valence-electron chi connectivity index (χ1n) is 6.44. The van der Waals surface area contributed by atoms with Gasteiger partial charge in [-0.25, -0.2) is 13.2 Å². The second-order valence-corrected chi connectivity index (χ2v) is 4.91. The molecule has 1 aromatic rings. The molecule has 0 radical (unpaired) electrons. The maximum atomic E-state index is 13.8. The van der Waals surface area contributed by atoms with Crippen molar-refractivity contribution in [2.75, 3.05) is 26.2 Å². The first kappa shape index (κ1) is 19.1. The average Bonchev–Trinajstić information content (AvgIpc) is 2.40. The Morgan fingerprint density at radius 3 is 2.23 bits per heavy atom. The highest BCUT2D eigenvalue weighted by Crippen LogP contribution is 2.36. The van der Waals surface area contributed by atoms with Crippen LogP contribution in [0.4, 0.5) is 26.3 Å². The van der Waals surface area contributed by atoms with Crippen LogP contribution in [0.2, 0.25) is 0 Å². The molecule has 1 aromatic carbocycles. The van der Waals surface area contributed by atoms with Crippen molar-refractivity contribution in [3.8, 4) is 0 Å². The SMILES string of the molecule is Cl.Fc1cc(F)c(F)c([C@H](CC(F)(F)F)N2CCNCC2)c1. The van der Waals surface area contributed by atoms with E-state index in [1.54, 1.807) is 0 Å². The molecule has 0 saturated carbocycles. The Kier molecular flexibility index (Phi) is 6.51. The van der Waals surface area contributed by atoms with Gasteiger partial charge in [0.1, 0.15) is 5.82 Å². The molecule has 1 heterocycles. The first-order chi connectivity index (χ1) is 9.78. The molecule has 1 N–H and O–H groups in total. The molecule has 2 nitrogen and oxygen atoms in total. The lowest BCUT2D eigenvalue weighted by molar-refractivity contribution is -0.149. The topological polar surface area (TPSA) is 15.3 Å². The van der Waals surface area contributed by atoms with Crippen LogP contribution in [0.25, 0.3) is 0 Å². The summed E-state index contributed by atoms with van der Waals surface area (Å²) in [5.74, 6) is -4.00. The zero-order valence-electron chi connectivity index (χ0n) is 11.4. The van der Waals surface area contributed by atoms with Crippen LogP contribution >= 0.6 is 12.4 Å². The van der Waals surface area contributed by atoms with E-state index >= 15 is 0 Å². The van der Waals surface area contributed by atoms with Gasteiger partial charge in [0.05, 0.1) is 6.42 Å². The van der Waals surface area contributed by atoms with Crippen LogP contribution in [0.1, 0.15) is 18.0 Å². The van der Waals surface area contributed by atoms with Gasteiger partial charge in [0.25, 0.3) is 0 Å². The molecule has 1 aliphatic heterocycles. The molecule has 2 rings (SSSR count). The van der Waals surface area contributed by atoms with Crippen LogP contribution in [0, 0.1) is 17.5 Å². The number of rotatable bonds is 3. The molecule has 1 saturated heterocycles. The van der Waals surface area contributed by atoms with E-state index in [9.17, 15) is 26.3 Å². The summed E-state index contributed by atoms with van der Waals surface area (Å²) in [5, 5.41) is 2.96. The van der Waals surface area contributed by atoms with Crippen molar-refractivity contribution in [1.82, 2.24) is 10.2 Å². The summed E-state index contributed by atoms with van der Waals surface area (Å²) < 4.78 is 78.5. The molecule has 1 fully saturated rings. The van der Waals surface area contributed by atoms with E-state index in [0.717, 1.165) is 0 Å². The van der Waals surface area contributed by atoms with Gasteiger partial charge in [-0.2, -0.15) is 13.2 Å². The summed E-state index contributed by atoms with van der Waals surface area (Å²) in [6, 6.07) is -0.477. The van der Waals surface area contributed by atoms with Gasteiger partial charge in [0.2, 0.25) is 0 Å². The lowest BCUT2D eigenvalue weighted by atomic mass is 9.99. The lowest BCUT2D eigenvalue weighted by Gasteiger charge is -2.35. The third kappa shape index (κ3) is 4.76. The molecule has 0 aliphatic carbocycles. The van der Waals surface area contributed by atoms with Crippen LogP contribution in [0.5, 0.6) is 0 Å². The Morgan fingerprint density at radius 2 is 1.68 bits per heavy atom. The van der Waals surface area contributed by atoms with Crippen molar-refractivity contribution in [2.24, 2.45) is 0 Å². The Hall–Kier alpha value is -0.990. The average molecular weight is 349 g/mol. The highest BCUT2D eigenvalue weighted by molar-refractivity contribution is 5.85. The van der Waals surface area contributed by atoms with Crippen LogP contribution in [-0.4, -0.2) is 37.3 Å². The molecule has 0 bridgehead atoms. The molecular formula is C13H15ClF6N2. The molecule has 0 amide bonds. The van der Waals surface area contributed by atoms with E-state index in [0.29, 0.717) is 25.2 Å². The second kappa shape index (κ2) is 7.52. The fourth-order valence-corrected chi connectivity index (χ4v) is 2.47. The molecule has 9 heteroatoms. The molecule has 0 unspecified atom stereocenters. The normalized spacial score (nSPS) is 17.9. The van der Waals surface area contributed by atoms with Crippen molar-refractivity contribution in [1.29, 1.82) is 0 Å². The number of nitrogens with zero attached hydrogens (tertiary/aromatic N) is 1. The number of hydrogen-bond acceptors (Lipinski definition) is 2. The summed E-state index contributed by atoms with van der Waals surface area (Å²) >= 11 is 0. The fraction of sp³-hybridized carbons (Fsp3) is 0.538. The smallest absolute Gasteiger partial charge is 0.314 e. The van der Waals surface area contributed by atoms with Gasteiger partial charge in [0, 0.05) is 43.9 Å². The predicted octanol–water partition coefficient (Wildman–Crippen LogP) is 3.42. The Balaban J connectivity index is 0.00000242. The predicted molar refractivity (Wildman–Crippen MR) is 71.4 cm³/mol. The van der Waals surface area contributed by atoms with E-state index in [-0.39, 0.29) is 25.5 Å². The van der Waals surface area contributed by atoms with Gasteiger partial charge in [-0.1, -0.05) is 0 Å². The van der Waals surface area contributed by atoms with Crippen LogP contribution in [-0.2, 0) is 0 Å². The monoisotopic (exact) mass is 348 g/mol. The summed E-state index contributed by atoms with van der Waals surface area (Å²) in [4.78, 5) is 1.39. The number of halogens is 7. The number of benzene rings is 1. The van der Waals surface area contributed by atoms with E-state index in [1.807, 2.05) is 0 Å². The van der Waals surface area contributed by atoms with E-state index in [4.69, 9.17) is 0 Å². The maximum absolute atomic E-state index is 13.8. The number of nitrogens with one attached hydrogen (secondary N) is 1. The van der Waals surface area contributed by atoms with Crippen molar-refractivity contribution in [3.05, 3.63) is 35.1 Å². The molecule has 0 aromatic heterocycles. The van der Waals surface area contributed by atoms with Crippen LogP contribution < -0.4 is 5.32 Å². The highest BCUT2D eigenvalue weighted by atomic mass is 35.5. The minimum absolute atomic E-state index is 0. The van der Waals surface area contributed by atoms with Gasteiger partial charge in [-0.3, -0.25) is 4.90 Å². The van der Waals surface area contributed by atoms with E-state index < -0.39 is 41.7 Å². The minimum Gasteiger partial charge on any atom is -0.314 e. The van der Waals surface area contributed by atoms with Gasteiger partial charge in [-0.15, -0.1) is 12.4 Å². The van der Waals surface area contributed by atoms with Crippen molar-refractivity contribution >= 4 is 12.4 Å². The number of hydrogen-bond donors (Lipinski definition) is 1. The summed E-state index contributed by atoms with van der Waals surface area (Å²) in [6.45, 7) is 1.37. The number of piperazine rings is 1. The first-order valence-corrected chi connectivity index (χ1v) is 6.44. The summed E-state index contributed by atoms with van der Waals surface area (Å²) in [6.07, 6.45) is -5.92. The maximum Gasteiger partial charge on any atom is 0.390 e. The van der Waals surface area contributed by atoms with Gasteiger partial charge in [0.15, 0.2) is 11.6 Å². The standard InChI is InChI=1S/C13H14F6N2.ClH/c14-8-5-9(12(16)10(15)6-8)11(7-13(17,18)19)21-3-1-20-2-4-21;/h5-6,11,20H,1-4,7H2;1H/t11-;/m0./s1. The van der Waals surface area contributed by atoms with Crippen LogP contribution in [0.3, 0.4) is 0 Å². The molecular weight excluding hydrogens is 334 g/mol.